The van der Waals surface area contributed by atoms with Crippen LogP contribution >= 0.6 is 0 Å². The predicted molar refractivity (Wildman–Crippen MR) is 158 cm³/mol. The molecule has 0 radical (unpaired) electrons. The van der Waals surface area contributed by atoms with Crippen molar-refractivity contribution in [3.8, 4) is 5.75 Å². The number of aromatic hydroxyl groups is 1. The standard InChI is InChI=1S/C31H48N2O4S/c1-10-12-14-33(15-13-11-2)31(35)28-19-25(16-23(9)29(28)34)32-38(36,37)30-26(21(5)6)17-24(20(3)4)18-27(30)22(7)8/h16-22,32,34H,10-15H2,1-9H3. The highest BCUT2D eigenvalue weighted by Gasteiger charge is 2.28. The van der Waals surface area contributed by atoms with Gasteiger partial charge in [0.1, 0.15) is 5.75 Å². The number of anilines is 1. The minimum atomic E-state index is -3.98. The monoisotopic (exact) mass is 544 g/mol. The fraction of sp³-hybridized carbons (Fsp3) is 0.581. The van der Waals surface area contributed by atoms with Crippen molar-refractivity contribution in [1.29, 1.82) is 0 Å². The van der Waals surface area contributed by atoms with E-state index >= 15 is 0 Å². The fourth-order valence-corrected chi connectivity index (χ4v) is 6.33. The number of hydrogen-bond donors (Lipinski definition) is 2. The van der Waals surface area contributed by atoms with E-state index in [2.05, 4.69) is 32.4 Å². The Labute approximate surface area is 230 Å². The topological polar surface area (TPSA) is 86.7 Å². The number of phenolic OH excluding ortho intramolecular Hbond substituents is 1. The zero-order valence-corrected chi connectivity index (χ0v) is 25.6. The molecule has 2 aromatic rings. The predicted octanol–water partition coefficient (Wildman–Crippen LogP) is 7.91. The minimum Gasteiger partial charge on any atom is -0.507 e. The lowest BCUT2D eigenvalue weighted by Crippen LogP contribution is -2.33. The lowest BCUT2D eigenvalue weighted by atomic mass is 9.89. The highest BCUT2D eigenvalue weighted by atomic mass is 32.2. The summed E-state index contributed by atoms with van der Waals surface area (Å²) >= 11 is 0. The van der Waals surface area contributed by atoms with Gasteiger partial charge in [-0.2, -0.15) is 0 Å². The van der Waals surface area contributed by atoms with Crippen molar-refractivity contribution in [3.63, 3.8) is 0 Å². The average Bonchev–Trinajstić information content (AvgIpc) is 2.84. The zero-order chi connectivity index (χ0) is 28.8. The van der Waals surface area contributed by atoms with Crippen LogP contribution in [-0.4, -0.2) is 37.4 Å². The van der Waals surface area contributed by atoms with E-state index in [4.69, 9.17) is 0 Å². The summed E-state index contributed by atoms with van der Waals surface area (Å²) in [5.41, 5.74) is 3.52. The number of sulfonamides is 1. The van der Waals surface area contributed by atoms with Crippen LogP contribution in [0.15, 0.2) is 29.2 Å². The molecule has 2 N–H and O–H groups in total. The number of hydrogen-bond acceptors (Lipinski definition) is 4. The van der Waals surface area contributed by atoms with E-state index in [-0.39, 0.29) is 40.7 Å². The number of carbonyl (C=O) groups is 1. The van der Waals surface area contributed by atoms with E-state index in [1.165, 1.54) is 6.07 Å². The number of rotatable bonds is 13. The molecule has 0 heterocycles. The molecule has 0 saturated heterocycles. The molecule has 0 spiro atoms. The molecular formula is C31H48N2O4S. The molecule has 0 aromatic heterocycles. The number of amides is 1. The van der Waals surface area contributed by atoms with Crippen molar-refractivity contribution >= 4 is 21.6 Å². The molecule has 0 unspecified atom stereocenters. The second kappa shape index (κ2) is 13.5. The third-order valence-electron chi connectivity index (χ3n) is 6.98. The summed E-state index contributed by atoms with van der Waals surface area (Å²) in [5, 5.41) is 10.8. The normalized spacial score (nSPS) is 12.0. The van der Waals surface area contributed by atoms with Crippen LogP contribution < -0.4 is 4.72 Å². The van der Waals surface area contributed by atoms with Crippen LogP contribution in [0.3, 0.4) is 0 Å². The lowest BCUT2D eigenvalue weighted by molar-refractivity contribution is 0.0748. The van der Waals surface area contributed by atoms with Crippen molar-refractivity contribution in [1.82, 2.24) is 4.90 Å². The maximum atomic E-state index is 14.0. The van der Waals surface area contributed by atoms with Crippen LogP contribution in [0.4, 0.5) is 5.69 Å². The molecular weight excluding hydrogens is 496 g/mol. The van der Waals surface area contributed by atoms with E-state index < -0.39 is 10.0 Å². The molecule has 0 atom stereocenters. The molecule has 2 aromatic carbocycles. The largest absolute Gasteiger partial charge is 0.507 e. The van der Waals surface area contributed by atoms with Crippen LogP contribution in [0, 0.1) is 6.92 Å². The molecule has 7 heteroatoms. The van der Waals surface area contributed by atoms with Crippen LogP contribution in [-0.2, 0) is 10.0 Å². The Balaban J connectivity index is 2.62. The maximum absolute atomic E-state index is 14.0. The molecule has 0 aliphatic rings. The van der Waals surface area contributed by atoms with Gasteiger partial charge in [0, 0.05) is 13.1 Å². The van der Waals surface area contributed by atoms with Crippen molar-refractivity contribution in [2.45, 2.75) is 111 Å². The Morgan fingerprint density at radius 1 is 0.868 bits per heavy atom. The third-order valence-corrected chi connectivity index (χ3v) is 8.49. The molecule has 6 nitrogen and oxygen atoms in total. The van der Waals surface area contributed by atoms with Crippen molar-refractivity contribution in [3.05, 3.63) is 52.1 Å². The lowest BCUT2D eigenvalue weighted by Gasteiger charge is -2.25. The summed E-state index contributed by atoms with van der Waals surface area (Å²) in [7, 11) is -3.98. The Kier molecular flexibility index (Phi) is 11.3. The SMILES string of the molecule is CCCCN(CCCC)C(=O)c1cc(NS(=O)(=O)c2c(C(C)C)cc(C(C)C)cc2C(C)C)cc(C)c1O. The summed E-state index contributed by atoms with van der Waals surface area (Å²) in [5.74, 6) is -0.112. The number of benzene rings is 2. The van der Waals surface area contributed by atoms with Gasteiger partial charge in [0.25, 0.3) is 15.9 Å². The zero-order valence-electron chi connectivity index (χ0n) is 24.8. The van der Waals surface area contributed by atoms with Gasteiger partial charge in [0.05, 0.1) is 16.1 Å². The first-order valence-corrected chi connectivity index (χ1v) is 15.6. The van der Waals surface area contributed by atoms with Crippen molar-refractivity contribution in [2.24, 2.45) is 0 Å². The molecule has 1 amide bonds. The van der Waals surface area contributed by atoms with Crippen molar-refractivity contribution in [2.75, 3.05) is 17.8 Å². The van der Waals surface area contributed by atoms with Gasteiger partial charge < -0.3 is 10.0 Å². The Morgan fingerprint density at radius 3 is 1.79 bits per heavy atom. The Bertz CT molecular complexity index is 1180. The summed E-state index contributed by atoms with van der Waals surface area (Å²) in [6, 6.07) is 7.07. The smallest absolute Gasteiger partial charge is 0.262 e. The summed E-state index contributed by atoms with van der Waals surface area (Å²) in [6.07, 6.45) is 3.63. The van der Waals surface area contributed by atoms with E-state index in [9.17, 15) is 18.3 Å². The van der Waals surface area contributed by atoms with Gasteiger partial charge in [-0.15, -0.1) is 0 Å². The summed E-state index contributed by atoms with van der Waals surface area (Å²) < 4.78 is 30.7. The first-order valence-electron chi connectivity index (χ1n) is 14.1. The van der Waals surface area contributed by atoms with Gasteiger partial charge in [-0.1, -0.05) is 80.4 Å². The van der Waals surface area contributed by atoms with Gasteiger partial charge in [-0.05, 0) is 71.9 Å². The summed E-state index contributed by atoms with van der Waals surface area (Å²) in [4.78, 5) is 15.6. The number of carbonyl (C=O) groups excluding carboxylic acids is 1. The van der Waals surface area contributed by atoms with Gasteiger partial charge in [0.15, 0.2) is 0 Å². The minimum absolute atomic E-state index is 0.00200. The summed E-state index contributed by atoms with van der Waals surface area (Å²) in [6.45, 7) is 19.3. The fourth-order valence-electron chi connectivity index (χ4n) is 4.59. The molecule has 0 aliphatic heterocycles. The number of aryl methyl sites for hydroxylation is 1. The quantitative estimate of drug-likeness (QED) is 0.251. The van der Waals surface area contributed by atoms with E-state index in [0.717, 1.165) is 42.4 Å². The van der Waals surface area contributed by atoms with Crippen molar-refractivity contribution < 1.29 is 18.3 Å². The van der Waals surface area contributed by atoms with Gasteiger partial charge in [-0.3, -0.25) is 9.52 Å². The number of phenols is 1. The first kappa shape index (κ1) is 31.7. The van der Waals surface area contributed by atoms with Crippen LogP contribution in [0.5, 0.6) is 5.75 Å². The highest BCUT2D eigenvalue weighted by Crippen LogP contribution is 2.37. The van der Waals surface area contributed by atoms with Gasteiger partial charge >= 0.3 is 0 Å². The Morgan fingerprint density at radius 2 is 1.37 bits per heavy atom. The molecule has 0 fully saturated rings. The van der Waals surface area contributed by atoms with Gasteiger partial charge in [0.2, 0.25) is 0 Å². The number of nitrogens with one attached hydrogen (secondary N) is 1. The first-order chi connectivity index (χ1) is 17.7. The maximum Gasteiger partial charge on any atom is 0.262 e. The molecule has 0 bridgehead atoms. The third kappa shape index (κ3) is 7.52. The van der Waals surface area contributed by atoms with E-state index in [0.29, 0.717) is 23.5 Å². The number of unbranched alkanes of at least 4 members (excludes halogenated alkanes) is 2. The van der Waals surface area contributed by atoms with Crippen LogP contribution in [0.1, 0.15) is 131 Å². The molecule has 212 valence electrons. The Hall–Kier alpha value is -2.54. The molecule has 0 saturated carbocycles. The highest BCUT2D eigenvalue weighted by molar-refractivity contribution is 7.92. The van der Waals surface area contributed by atoms with E-state index in [1.54, 1.807) is 17.9 Å². The van der Waals surface area contributed by atoms with Crippen LogP contribution in [0.25, 0.3) is 0 Å². The van der Waals surface area contributed by atoms with E-state index in [1.807, 2.05) is 39.8 Å². The second-order valence-corrected chi connectivity index (χ2v) is 12.9. The molecule has 2 rings (SSSR count). The van der Waals surface area contributed by atoms with Gasteiger partial charge in [-0.25, -0.2) is 8.42 Å². The average molecular weight is 545 g/mol. The van der Waals surface area contributed by atoms with Crippen LogP contribution in [0.2, 0.25) is 0 Å². The molecule has 0 aliphatic carbocycles. The molecule has 38 heavy (non-hydrogen) atoms. The second-order valence-electron chi connectivity index (χ2n) is 11.3. The number of nitrogens with zero attached hydrogens (tertiary/aromatic N) is 1.